The molecule has 4 aliphatic carbocycles. The molecular formula is C37H68. The van der Waals surface area contributed by atoms with Crippen molar-refractivity contribution in [2.45, 2.75) is 122 Å². The molecule has 0 heterocycles. The molecule has 0 saturated heterocycles. The first-order chi connectivity index (χ1) is 17.3. The highest BCUT2D eigenvalue weighted by Crippen LogP contribution is 2.60. The molecule has 0 radical (unpaired) electrons. The topological polar surface area (TPSA) is 0 Å². The van der Waals surface area contributed by atoms with Crippen LogP contribution in [0, 0.1) is 112 Å². The van der Waals surface area contributed by atoms with E-state index in [1.165, 1.54) is 32.1 Å². The van der Waals surface area contributed by atoms with Gasteiger partial charge in [0.25, 0.3) is 0 Å². The Labute approximate surface area is 234 Å². The first-order valence-electron chi connectivity index (χ1n) is 17.3. The van der Waals surface area contributed by atoms with E-state index in [1.807, 2.05) is 0 Å². The summed E-state index contributed by atoms with van der Waals surface area (Å²) in [6.45, 7) is 33.6. The van der Waals surface area contributed by atoms with Gasteiger partial charge in [-0.3, -0.25) is 0 Å². The van der Waals surface area contributed by atoms with E-state index in [0.29, 0.717) is 0 Å². The minimum atomic E-state index is 0.864. The summed E-state index contributed by atoms with van der Waals surface area (Å²) in [5.74, 6) is 17.8. The van der Waals surface area contributed by atoms with Gasteiger partial charge in [0, 0.05) is 0 Å². The molecule has 18 unspecified atom stereocenters. The van der Waals surface area contributed by atoms with Gasteiger partial charge in [0.1, 0.15) is 0 Å². The molecule has 4 aliphatic rings. The summed E-state index contributed by atoms with van der Waals surface area (Å²) in [7, 11) is 0. The molecule has 0 aromatic rings. The fourth-order valence-electron chi connectivity index (χ4n) is 12.0. The van der Waals surface area contributed by atoms with E-state index in [9.17, 15) is 0 Å². The van der Waals surface area contributed by atoms with E-state index >= 15 is 0 Å². The molecule has 0 aliphatic heterocycles. The molecule has 216 valence electrons. The predicted octanol–water partition coefficient (Wildman–Crippen LogP) is 11.0. The zero-order valence-corrected chi connectivity index (χ0v) is 27.5. The Kier molecular flexibility index (Phi) is 9.29. The SMILES string of the molecule is CCC1C(C)CC1C(C)C(C)C1C(C)CC1C(C)C(C)C1C(C)CC1C(C)C(C)C1C(C)CC1C(C)C. The van der Waals surface area contributed by atoms with Crippen LogP contribution in [0.15, 0.2) is 0 Å². The third-order valence-corrected chi connectivity index (χ3v) is 15.0. The number of rotatable bonds is 11. The van der Waals surface area contributed by atoms with Crippen LogP contribution < -0.4 is 0 Å². The Bertz CT molecular complexity index is 736. The molecule has 4 fully saturated rings. The van der Waals surface area contributed by atoms with Gasteiger partial charge in [0.15, 0.2) is 0 Å². The smallest absolute Gasteiger partial charge is 0.0329 e. The molecule has 0 nitrogen and oxygen atoms in total. The standard InChI is InChI=1S/C37H68/c1-14-30-20(4)15-32(30)24(8)27(11)36-22(6)17-34(36)26(10)29(13)37-23(7)18-33(37)25(9)28(12)35-21(5)16-31(35)19(2)3/h19-37H,14-18H2,1-13H3. The van der Waals surface area contributed by atoms with Crippen molar-refractivity contribution in [1.29, 1.82) is 0 Å². The highest BCUT2D eigenvalue weighted by Gasteiger charge is 2.54. The third kappa shape index (κ3) is 5.14. The van der Waals surface area contributed by atoms with Gasteiger partial charge in [-0.2, -0.15) is 0 Å². The number of hydrogen-bond donors (Lipinski definition) is 0. The molecular weight excluding hydrogens is 444 g/mol. The maximum Gasteiger partial charge on any atom is -0.0329 e. The van der Waals surface area contributed by atoms with Crippen LogP contribution in [-0.2, 0) is 0 Å². The summed E-state index contributed by atoms with van der Waals surface area (Å²) in [4.78, 5) is 0. The second kappa shape index (κ2) is 11.5. The molecule has 0 amide bonds. The van der Waals surface area contributed by atoms with Gasteiger partial charge >= 0.3 is 0 Å². The van der Waals surface area contributed by atoms with Gasteiger partial charge in [0.2, 0.25) is 0 Å². The van der Waals surface area contributed by atoms with Crippen molar-refractivity contribution in [3.63, 3.8) is 0 Å². The Morgan fingerprint density at radius 1 is 0.432 bits per heavy atom. The molecule has 0 aromatic heterocycles. The van der Waals surface area contributed by atoms with Gasteiger partial charge < -0.3 is 0 Å². The second-order valence-electron chi connectivity index (χ2n) is 16.7. The van der Waals surface area contributed by atoms with Gasteiger partial charge in [-0.05, 0) is 138 Å². The Hall–Kier alpha value is 0. The van der Waals surface area contributed by atoms with Crippen LogP contribution >= 0.6 is 0 Å². The second-order valence-corrected chi connectivity index (χ2v) is 16.7. The molecule has 0 heteroatoms. The summed E-state index contributed by atoms with van der Waals surface area (Å²) in [6, 6.07) is 0. The van der Waals surface area contributed by atoms with Crippen molar-refractivity contribution in [2.24, 2.45) is 112 Å². The van der Waals surface area contributed by atoms with E-state index in [-0.39, 0.29) is 0 Å². The summed E-state index contributed by atoms with van der Waals surface area (Å²) >= 11 is 0. The van der Waals surface area contributed by atoms with Crippen molar-refractivity contribution in [2.75, 3.05) is 0 Å². The summed E-state index contributed by atoms with van der Waals surface area (Å²) in [6.07, 6.45) is 7.37. The lowest BCUT2D eigenvalue weighted by Gasteiger charge is -2.59. The van der Waals surface area contributed by atoms with E-state index in [2.05, 4.69) is 90.0 Å². The highest BCUT2D eigenvalue weighted by atomic mass is 14.6. The van der Waals surface area contributed by atoms with Crippen molar-refractivity contribution in [3.8, 4) is 0 Å². The summed E-state index contributed by atoms with van der Waals surface area (Å²) in [5.41, 5.74) is 0. The van der Waals surface area contributed by atoms with Crippen molar-refractivity contribution in [3.05, 3.63) is 0 Å². The van der Waals surface area contributed by atoms with Crippen LogP contribution in [0.3, 0.4) is 0 Å². The average molecular weight is 513 g/mol. The first kappa shape index (κ1) is 30.0. The minimum Gasteiger partial charge on any atom is -0.0651 e. The molecule has 37 heavy (non-hydrogen) atoms. The summed E-state index contributed by atoms with van der Waals surface area (Å²) in [5, 5.41) is 0. The van der Waals surface area contributed by atoms with Crippen molar-refractivity contribution >= 4 is 0 Å². The normalized spacial score (nSPS) is 48.5. The lowest BCUT2D eigenvalue weighted by Crippen LogP contribution is -2.53. The maximum atomic E-state index is 2.69. The van der Waals surface area contributed by atoms with Crippen molar-refractivity contribution in [1.82, 2.24) is 0 Å². The molecule has 0 N–H and O–H groups in total. The van der Waals surface area contributed by atoms with Gasteiger partial charge in [-0.15, -0.1) is 0 Å². The zero-order valence-electron chi connectivity index (χ0n) is 27.5. The molecule has 18 atom stereocenters. The summed E-state index contributed by atoms with van der Waals surface area (Å²) < 4.78 is 0. The minimum absolute atomic E-state index is 0.864. The molecule has 0 spiro atoms. The maximum absolute atomic E-state index is 2.69. The average Bonchev–Trinajstić information content (AvgIpc) is 2.80. The highest BCUT2D eigenvalue weighted by molar-refractivity contribution is 5.02. The molecule has 0 bridgehead atoms. The lowest BCUT2D eigenvalue weighted by molar-refractivity contribution is -0.106. The third-order valence-electron chi connectivity index (χ3n) is 15.0. The van der Waals surface area contributed by atoms with Crippen LogP contribution in [-0.4, -0.2) is 0 Å². The fraction of sp³-hybridized carbons (Fsp3) is 1.00. The predicted molar refractivity (Wildman–Crippen MR) is 163 cm³/mol. The van der Waals surface area contributed by atoms with Crippen LogP contribution in [0.1, 0.15) is 122 Å². The van der Waals surface area contributed by atoms with Crippen LogP contribution in [0.5, 0.6) is 0 Å². The Balaban J connectivity index is 1.39. The van der Waals surface area contributed by atoms with Crippen LogP contribution in [0.25, 0.3) is 0 Å². The van der Waals surface area contributed by atoms with E-state index in [1.54, 1.807) is 0 Å². The van der Waals surface area contributed by atoms with E-state index < -0.39 is 0 Å². The first-order valence-corrected chi connectivity index (χ1v) is 17.3. The molecule has 0 aromatic carbocycles. The Morgan fingerprint density at radius 3 is 1.08 bits per heavy atom. The largest absolute Gasteiger partial charge is 0.0651 e. The van der Waals surface area contributed by atoms with Crippen molar-refractivity contribution < 1.29 is 0 Å². The van der Waals surface area contributed by atoms with Crippen LogP contribution in [0.2, 0.25) is 0 Å². The number of hydrogen-bond acceptors (Lipinski definition) is 0. The zero-order chi connectivity index (χ0) is 27.5. The monoisotopic (exact) mass is 513 g/mol. The van der Waals surface area contributed by atoms with E-state index in [4.69, 9.17) is 0 Å². The van der Waals surface area contributed by atoms with E-state index in [0.717, 1.165) is 112 Å². The lowest BCUT2D eigenvalue weighted by atomic mass is 9.46. The van der Waals surface area contributed by atoms with Gasteiger partial charge in [-0.1, -0.05) is 96.4 Å². The van der Waals surface area contributed by atoms with Gasteiger partial charge in [-0.25, -0.2) is 0 Å². The van der Waals surface area contributed by atoms with Crippen LogP contribution in [0.4, 0.5) is 0 Å². The molecule has 4 saturated carbocycles. The fourth-order valence-corrected chi connectivity index (χ4v) is 12.0. The van der Waals surface area contributed by atoms with Gasteiger partial charge in [0.05, 0.1) is 0 Å². The Morgan fingerprint density at radius 2 is 0.757 bits per heavy atom. The molecule has 4 rings (SSSR count). The quantitative estimate of drug-likeness (QED) is 0.258.